The summed E-state index contributed by atoms with van der Waals surface area (Å²) in [5.74, 6) is -0.244. The summed E-state index contributed by atoms with van der Waals surface area (Å²) < 4.78 is 66.7. The lowest BCUT2D eigenvalue weighted by Crippen LogP contribution is -2.53. The van der Waals surface area contributed by atoms with Crippen LogP contribution in [0.3, 0.4) is 0 Å². The minimum absolute atomic E-state index is 0.112. The van der Waals surface area contributed by atoms with Crippen LogP contribution in [0.2, 0.25) is 5.02 Å². The van der Waals surface area contributed by atoms with E-state index < -0.39 is 26.2 Å². The van der Waals surface area contributed by atoms with E-state index >= 15 is 8.78 Å². The Labute approximate surface area is 715 Å². The fourth-order valence-corrected chi connectivity index (χ4v) is 21.5. The van der Waals surface area contributed by atoms with Crippen molar-refractivity contribution in [2.24, 2.45) is 5.92 Å². The Hall–Kier alpha value is -8.89. The number of amides is 2. The number of piperazine rings is 1. The molecular weight excluding hydrogens is 1590 g/mol. The second-order valence-electron chi connectivity index (χ2n) is 33.8. The second-order valence-corrected chi connectivity index (χ2v) is 37.4. The zero-order chi connectivity index (χ0) is 83.4. The first kappa shape index (κ1) is 86.5. The number of halogens is 4. The van der Waals surface area contributed by atoms with Crippen molar-refractivity contribution in [3.05, 3.63) is 284 Å². The summed E-state index contributed by atoms with van der Waals surface area (Å²) in [7, 11) is -3.61. The summed E-state index contributed by atoms with van der Waals surface area (Å²) in [6.07, 6.45) is 11.8. The number of carbonyl (C=O) groups is 2. The Morgan fingerprint density at radius 1 is 0.571 bits per heavy atom. The van der Waals surface area contributed by atoms with Gasteiger partial charge in [0.1, 0.15) is 27.4 Å². The van der Waals surface area contributed by atoms with Crippen molar-refractivity contribution in [1.29, 1.82) is 0 Å². The van der Waals surface area contributed by atoms with Gasteiger partial charge in [-0.1, -0.05) is 199 Å². The molecule has 0 radical (unpaired) electrons. The summed E-state index contributed by atoms with van der Waals surface area (Å²) in [4.78, 5) is 48.9. The number of sulfone groups is 1. The zero-order valence-corrected chi connectivity index (χ0v) is 73.0. The monoisotopic (exact) mass is 1710 g/mol. The molecule has 11 aromatic rings. The number of aromatic nitrogens is 4. The number of piperidine rings is 2. The van der Waals surface area contributed by atoms with Crippen molar-refractivity contribution in [2.45, 2.75) is 190 Å². The molecule has 3 aromatic heterocycles. The molecule has 5 aliphatic rings. The first-order chi connectivity index (χ1) is 57.6. The number of nitrogens with one attached hydrogen (secondary N) is 2. The molecule has 0 unspecified atom stereocenters. The van der Waals surface area contributed by atoms with Gasteiger partial charge in [-0.2, -0.15) is 5.10 Å². The fourth-order valence-electron chi connectivity index (χ4n) is 18.9. The van der Waals surface area contributed by atoms with Crippen LogP contribution in [0.5, 0.6) is 0 Å². The quantitative estimate of drug-likeness (QED) is 0.0703. The molecule has 15 nitrogen and oxygen atoms in total. The molecule has 20 heteroatoms. The molecule has 0 spiro atoms. The van der Waals surface area contributed by atoms with Crippen LogP contribution >= 0.6 is 27.5 Å². The van der Waals surface area contributed by atoms with Gasteiger partial charge in [-0.15, -0.1) is 0 Å². The highest BCUT2D eigenvalue weighted by molar-refractivity contribution is 9.10. The number of benzene rings is 8. The van der Waals surface area contributed by atoms with Crippen LogP contribution in [0, 0.1) is 24.5 Å². The topological polar surface area (TPSA) is 158 Å². The first-order valence-electron chi connectivity index (χ1n) is 43.0. The minimum atomic E-state index is -3.61. The van der Waals surface area contributed by atoms with Gasteiger partial charge in [0.05, 0.1) is 45.2 Å². The van der Waals surface area contributed by atoms with Crippen LogP contribution in [0.1, 0.15) is 197 Å². The Kier molecular flexibility index (Phi) is 28.6. The van der Waals surface area contributed by atoms with Gasteiger partial charge >= 0.3 is 0 Å². The summed E-state index contributed by atoms with van der Waals surface area (Å²) in [6, 6.07) is 67.1. The molecule has 4 aliphatic heterocycles. The average molecular weight is 1710 g/mol. The Bertz CT molecular complexity index is 5340. The summed E-state index contributed by atoms with van der Waals surface area (Å²) in [6.45, 7) is 26.2. The van der Waals surface area contributed by atoms with Crippen LogP contribution in [0.4, 0.5) is 8.78 Å². The maximum Gasteiger partial charge on any atom is 0.252 e. The molecule has 8 aromatic carbocycles. The van der Waals surface area contributed by atoms with Gasteiger partial charge in [0.25, 0.3) is 11.8 Å². The van der Waals surface area contributed by atoms with Crippen LogP contribution in [-0.2, 0) is 38.8 Å². The number of carbonyl (C=O) groups excluding carboxylic acids is 2. The third-order valence-corrected chi connectivity index (χ3v) is 28.9. The molecule has 2 N–H and O–H groups in total. The van der Waals surface area contributed by atoms with Crippen molar-refractivity contribution >= 4 is 71.0 Å². The highest BCUT2D eigenvalue weighted by Crippen LogP contribution is 2.49. The van der Waals surface area contributed by atoms with E-state index in [9.17, 15) is 18.0 Å². The average Bonchev–Trinajstić information content (AvgIpc) is 1.23. The van der Waals surface area contributed by atoms with E-state index in [0.717, 1.165) is 192 Å². The van der Waals surface area contributed by atoms with Gasteiger partial charge < -0.3 is 25.2 Å². The largest absolute Gasteiger partial charge is 0.381 e. The normalized spacial score (nSPS) is 19.0. The Morgan fingerprint density at radius 2 is 1.04 bits per heavy atom. The number of rotatable bonds is 21. The van der Waals surface area contributed by atoms with Crippen LogP contribution < -0.4 is 10.6 Å². The molecule has 0 bridgehead atoms. The molecule has 2 atom stereocenters. The smallest absolute Gasteiger partial charge is 0.252 e. The summed E-state index contributed by atoms with van der Waals surface area (Å²) in [5.41, 5.74) is 12.0. The molecule has 4 saturated heterocycles. The number of para-hydroxylation sites is 2. The SMILES string of the molecule is CC[C@H](NC(=O)c1c(CC2CCN(C3CCOCC3)CC2)c(-c2ccccc2)nc2c(F)cccc12)c1ccccc1.CC[C@H](NC(=O)c1c(CN2CCN(C(C)(C)C)CC2)c(-c2ccccc2)nc2c(F)cccc12)c1ccccc1.CCn1nc(C)cc1C1CCN(C2CCC(c3ccc(Br)cc3)(S(=O)(=O)c3ccc(Cl)cc3)CC2)CC1. The maximum atomic E-state index is 15.3. The van der Waals surface area contributed by atoms with Gasteiger partial charge in [-0.25, -0.2) is 27.2 Å². The zero-order valence-electron chi connectivity index (χ0n) is 69.9. The lowest BCUT2D eigenvalue weighted by Gasteiger charge is -2.45. The number of hydrogen-bond acceptors (Lipinski definition) is 12. The number of hydrogen-bond donors (Lipinski definition) is 2. The van der Waals surface area contributed by atoms with Crippen LogP contribution in [0.25, 0.3) is 44.3 Å². The van der Waals surface area contributed by atoms with E-state index in [4.69, 9.17) is 26.3 Å². The van der Waals surface area contributed by atoms with Crippen molar-refractivity contribution in [3.63, 3.8) is 0 Å². The van der Waals surface area contributed by atoms with E-state index in [-0.39, 0.29) is 40.5 Å². The Balaban J connectivity index is 0.000000147. The highest BCUT2D eigenvalue weighted by atomic mass is 79.9. The predicted molar refractivity (Wildman–Crippen MR) is 479 cm³/mol. The fraction of sp³-hybridized carbons (Fsp3) is 0.404. The number of aryl methyl sites for hydroxylation is 2. The number of fused-ring (bicyclic) bond motifs is 2. The molecule has 5 fully saturated rings. The van der Waals surface area contributed by atoms with Crippen molar-refractivity contribution in [2.75, 3.05) is 65.6 Å². The van der Waals surface area contributed by atoms with E-state index in [0.29, 0.717) is 86.5 Å². The second kappa shape index (κ2) is 39.3. The molecular formula is C99H114BrClF2N10O5S. The lowest BCUT2D eigenvalue weighted by atomic mass is 9.79. The third-order valence-electron chi connectivity index (χ3n) is 25.5. The molecule has 624 valence electrons. The van der Waals surface area contributed by atoms with E-state index in [2.05, 4.69) is 110 Å². The molecule has 1 aliphatic carbocycles. The molecule has 1 saturated carbocycles. The number of nitrogens with zero attached hydrogens (tertiary/aromatic N) is 8. The number of pyridine rings is 2. The number of ether oxygens (including phenoxy) is 1. The molecule has 16 rings (SSSR count). The first-order valence-corrected chi connectivity index (χ1v) is 45.7. The summed E-state index contributed by atoms with van der Waals surface area (Å²) in [5, 5.41) is 12.9. The van der Waals surface area contributed by atoms with E-state index in [1.165, 1.54) is 17.8 Å². The predicted octanol–water partition coefficient (Wildman–Crippen LogP) is 21.3. The maximum absolute atomic E-state index is 15.3. The lowest BCUT2D eigenvalue weighted by molar-refractivity contribution is 0.0211. The minimum Gasteiger partial charge on any atom is -0.381 e. The van der Waals surface area contributed by atoms with Gasteiger partial charge in [0.2, 0.25) is 0 Å². The third kappa shape index (κ3) is 20.0. The summed E-state index contributed by atoms with van der Waals surface area (Å²) >= 11 is 9.59. The molecule has 7 heterocycles. The van der Waals surface area contributed by atoms with Gasteiger partial charge in [-0.3, -0.25) is 24.1 Å². The van der Waals surface area contributed by atoms with Crippen LogP contribution in [-0.4, -0.2) is 143 Å². The van der Waals surface area contributed by atoms with E-state index in [1.54, 1.807) is 36.4 Å². The van der Waals surface area contributed by atoms with Gasteiger partial charge in [-0.05, 0) is 227 Å². The van der Waals surface area contributed by atoms with Crippen LogP contribution in [0.15, 0.2) is 222 Å². The Morgan fingerprint density at radius 3 is 1.53 bits per heavy atom. The van der Waals surface area contributed by atoms with Gasteiger partial charge in [0, 0.05) is 119 Å². The van der Waals surface area contributed by atoms with Crippen molar-refractivity contribution in [1.82, 2.24) is 50.0 Å². The number of likely N-dealkylation sites (tertiary alicyclic amines) is 2. The molecule has 2 amide bonds. The highest BCUT2D eigenvalue weighted by Gasteiger charge is 2.50. The standard InChI is InChI=1S/C36H40FN3O2.C34H39FN4O.C29H35BrClN3O2S/c1-2-32(26-10-5-3-6-11-26)38-36(41)33-29-14-9-15-31(37)35(29)39-34(27-12-7-4-8-13-27)30(33)24-25-16-20-40(21-17-25)28-18-22-42-23-19-28;1-5-29(24-13-8-6-9-14-24)36-33(40)30-26-17-12-18-28(35)32(26)37-31(25-15-10-7-11-16-25)27(30)23-38-19-21-39(22-20-38)34(2,3)4;1-3-34-28(20-21(2)32-34)22-14-18-33(19-15-22)26-12-16-29(17-13-26,23-4-6-24(30)7-5-23)37(35,36)27-10-8-25(31)9-11-27/h3-15,25,28,32H,2,16-24H2,1H3,(H,38,41);6-18,29H,5,19-23H2,1-4H3,(H,36,40);4-11,20,22,26H,3,12-19H2,1-2H3/t32-;29-;/m00./s1. The van der Waals surface area contributed by atoms with Crippen molar-refractivity contribution in [3.8, 4) is 22.5 Å². The van der Waals surface area contributed by atoms with Gasteiger partial charge in [0.15, 0.2) is 9.84 Å². The van der Waals surface area contributed by atoms with Crippen molar-refractivity contribution < 1.29 is 31.5 Å². The molecule has 119 heavy (non-hydrogen) atoms. The van der Waals surface area contributed by atoms with E-state index in [1.807, 2.05) is 158 Å².